The van der Waals surface area contributed by atoms with Crippen LogP contribution in [-0.4, -0.2) is 24.5 Å². The van der Waals surface area contributed by atoms with Crippen molar-refractivity contribution in [1.82, 2.24) is 24.5 Å². The van der Waals surface area contributed by atoms with Crippen molar-refractivity contribution in [3.8, 4) is 51.3 Å². The predicted octanol–water partition coefficient (Wildman–Crippen LogP) is 12.8. The van der Waals surface area contributed by atoms with E-state index in [0.29, 0.717) is 29.1 Å². The summed E-state index contributed by atoms with van der Waals surface area (Å²) in [6.07, 6.45) is 0. The summed E-state index contributed by atoms with van der Waals surface area (Å²) in [4.78, 5) is 20.6. The number of oxazole rings is 1. The Bertz CT molecular complexity index is 3460. The van der Waals surface area contributed by atoms with Crippen molar-refractivity contribution in [3.05, 3.63) is 176 Å². The lowest BCUT2D eigenvalue weighted by molar-refractivity contribution is 0.619. The number of para-hydroxylation sites is 2. The molecule has 0 unspecified atom stereocenters. The molecule has 0 fully saturated rings. The summed E-state index contributed by atoms with van der Waals surface area (Å²) in [6, 6.07) is 59.9. The molecule has 0 N–H and O–H groups in total. The monoisotopic (exact) mass is 731 g/mol. The van der Waals surface area contributed by atoms with Gasteiger partial charge in [-0.1, -0.05) is 133 Å². The number of aromatic nitrogens is 5. The molecule has 0 saturated heterocycles. The Morgan fingerprint density at radius 3 is 1.72 bits per heavy atom. The first-order valence-corrected chi connectivity index (χ1v) is 18.9. The molecule has 0 saturated carbocycles. The van der Waals surface area contributed by atoms with Gasteiger partial charge in [-0.05, 0) is 59.0 Å². The van der Waals surface area contributed by atoms with Crippen molar-refractivity contribution in [2.75, 3.05) is 0 Å². The van der Waals surface area contributed by atoms with E-state index in [-0.39, 0.29) is 0 Å². The summed E-state index contributed by atoms with van der Waals surface area (Å²) in [6.45, 7) is 0. The fourth-order valence-corrected chi connectivity index (χ4v) is 8.26. The van der Waals surface area contributed by atoms with Crippen LogP contribution in [0.5, 0.6) is 0 Å². The van der Waals surface area contributed by atoms with E-state index >= 15 is 0 Å². The number of hydrogen-bond donors (Lipinski definition) is 0. The topological polar surface area (TPSA) is 82.8 Å². The fourth-order valence-electron chi connectivity index (χ4n) is 8.26. The zero-order chi connectivity index (χ0) is 37.5. The second-order valence-electron chi connectivity index (χ2n) is 14.2. The van der Waals surface area contributed by atoms with Crippen molar-refractivity contribution < 1.29 is 8.83 Å². The lowest BCUT2D eigenvalue weighted by Gasteiger charge is -2.12. The van der Waals surface area contributed by atoms with Crippen LogP contribution in [0.4, 0.5) is 0 Å². The van der Waals surface area contributed by atoms with Crippen molar-refractivity contribution in [2.24, 2.45) is 0 Å². The molecule has 0 atom stereocenters. The SMILES string of the molecule is c1ccc(-c2ccc(-c3nc(-c4cccc5c4ccc4c5oc5ccc6oc(-c7ccccc7)nc6c54)nc(-n4c5ccccc5c5ccccc54)n3)cc2)cc1. The van der Waals surface area contributed by atoms with E-state index in [1.165, 1.54) is 0 Å². The van der Waals surface area contributed by atoms with Crippen LogP contribution >= 0.6 is 0 Å². The van der Waals surface area contributed by atoms with Crippen LogP contribution in [0.2, 0.25) is 0 Å². The first kappa shape index (κ1) is 31.5. The maximum Gasteiger partial charge on any atom is 0.238 e. The Kier molecular flexibility index (Phi) is 6.79. The zero-order valence-electron chi connectivity index (χ0n) is 30.3. The number of benzene rings is 8. The maximum absolute atomic E-state index is 6.66. The molecule has 0 spiro atoms. The zero-order valence-corrected chi connectivity index (χ0v) is 30.3. The van der Waals surface area contributed by atoms with Crippen LogP contribution in [0.1, 0.15) is 0 Å². The summed E-state index contributed by atoms with van der Waals surface area (Å²) in [5, 5.41) is 6.09. The maximum atomic E-state index is 6.66. The van der Waals surface area contributed by atoms with E-state index in [4.69, 9.17) is 28.8 Å². The Labute approximate surface area is 325 Å². The third kappa shape index (κ3) is 4.92. The molecular weight excluding hydrogens is 703 g/mol. The van der Waals surface area contributed by atoms with Gasteiger partial charge in [0, 0.05) is 38.2 Å². The van der Waals surface area contributed by atoms with Crippen LogP contribution in [0.25, 0.3) is 117 Å². The third-order valence-electron chi connectivity index (χ3n) is 10.9. The highest BCUT2D eigenvalue weighted by atomic mass is 16.4. The highest BCUT2D eigenvalue weighted by molar-refractivity contribution is 6.23. The molecule has 0 aliphatic heterocycles. The summed E-state index contributed by atoms with van der Waals surface area (Å²) >= 11 is 0. The summed E-state index contributed by atoms with van der Waals surface area (Å²) in [5.41, 5.74) is 10.0. The fraction of sp³-hybridized carbons (Fsp3) is 0. The molecule has 4 aromatic heterocycles. The van der Waals surface area contributed by atoms with E-state index in [1.54, 1.807) is 0 Å². The van der Waals surface area contributed by atoms with E-state index in [2.05, 4.69) is 126 Å². The number of fused-ring (bicyclic) bond motifs is 10. The third-order valence-corrected chi connectivity index (χ3v) is 10.9. The molecular formula is C50H29N5O2. The molecule has 0 aliphatic carbocycles. The minimum Gasteiger partial charge on any atom is -0.455 e. The van der Waals surface area contributed by atoms with E-state index in [0.717, 1.165) is 87.9 Å². The van der Waals surface area contributed by atoms with Gasteiger partial charge in [-0.25, -0.2) is 9.97 Å². The van der Waals surface area contributed by atoms with Gasteiger partial charge in [0.15, 0.2) is 17.2 Å². The molecule has 8 aromatic carbocycles. The molecule has 7 heteroatoms. The molecule has 266 valence electrons. The average molecular weight is 732 g/mol. The molecule has 0 bridgehead atoms. The molecule has 12 rings (SSSR count). The minimum atomic E-state index is 0.545. The quantitative estimate of drug-likeness (QED) is 0.175. The Balaban J connectivity index is 1.07. The molecule has 0 amide bonds. The second kappa shape index (κ2) is 12.3. The molecule has 0 radical (unpaired) electrons. The van der Waals surface area contributed by atoms with Gasteiger partial charge < -0.3 is 8.83 Å². The van der Waals surface area contributed by atoms with E-state index < -0.39 is 0 Å². The van der Waals surface area contributed by atoms with Gasteiger partial charge in [0.1, 0.15) is 16.7 Å². The van der Waals surface area contributed by atoms with Crippen molar-refractivity contribution in [3.63, 3.8) is 0 Å². The minimum absolute atomic E-state index is 0.545. The smallest absolute Gasteiger partial charge is 0.238 e. The van der Waals surface area contributed by atoms with Gasteiger partial charge >= 0.3 is 0 Å². The van der Waals surface area contributed by atoms with Crippen LogP contribution in [0, 0.1) is 0 Å². The first-order valence-electron chi connectivity index (χ1n) is 18.9. The molecule has 57 heavy (non-hydrogen) atoms. The standard InChI is InChI=1S/C50H29N5O2/c1-3-12-30(13-4-1)31-22-24-32(25-23-31)47-52-48(54-50(53-47)55-40-20-9-7-16-35(40)36-17-8-10-21-41(36)55)38-19-11-18-37-34(38)26-27-39-44-42(56-46(37)39)28-29-43-45(44)51-49(57-43)33-14-5-2-6-15-33/h1-29H. The number of rotatable bonds is 5. The summed E-state index contributed by atoms with van der Waals surface area (Å²) in [7, 11) is 0. The van der Waals surface area contributed by atoms with Gasteiger partial charge in [-0.3, -0.25) is 4.57 Å². The second-order valence-corrected chi connectivity index (χ2v) is 14.2. The van der Waals surface area contributed by atoms with Gasteiger partial charge in [-0.2, -0.15) is 9.97 Å². The van der Waals surface area contributed by atoms with E-state index in [9.17, 15) is 0 Å². The van der Waals surface area contributed by atoms with Gasteiger partial charge in [0.25, 0.3) is 0 Å². The van der Waals surface area contributed by atoms with E-state index in [1.807, 2.05) is 54.6 Å². The highest BCUT2D eigenvalue weighted by Gasteiger charge is 2.21. The van der Waals surface area contributed by atoms with Crippen LogP contribution in [0.15, 0.2) is 185 Å². The summed E-state index contributed by atoms with van der Waals surface area (Å²) in [5.74, 6) is 2.27. The average Bonchev–Trinajstić information content (AvgIpc) is 3.99. The van der Waals surface area contributed by atoms with Crippen LogP contribution in [-0.2, 0) is 0 Å². The molecule has 4 heterocycles. The van der Waals surface area contributed by atoms with Gasteiger partial charge in [0.05, 0.1) is 16.4 Å². The molecule has 0 aliphatic rings. The first-order chi connectivity index (χ1) is 28.2. The molecule has 12 aromatic rings. The number of hydrogen-bond acceptors (Lipinski definition) is 6. The van der Waals surface area contributed by atoms with Crippen LogP contribution in [0.3, 0.4) is 0 Å². The van der Waals surface area contributed by atoms with Crippen molar-refractivity contribution in [1.29, 1.82) is 0 Å². The Morgan fingerprint density at radius 1 is 0.368 bits per heavy atom. The normalized spacial score (nSPS) is 11.9. The number of nitrogens with zero attached hydrogens (tertiary/aromatic N) is 5. The van der Waals surface area contributed by atoms with Crippen molar-refractivity contribution in [2.45, 2.75) is 0 Å². The summed E-state index contributed by atoms with van der Waals surface area (Å²) < 4.78 is 15.0. The van der Waals surface area contributed by atoms with Crippen LogP contribution < -0.4 is 0 Å². The Morgan fingerprint density at radius 2 is 0.965 bits per heavy atom. The van der Waals surface area contributed by atoms with Gasteiger partial charge in [0.2, 0.25) is 11.8 Å². The molecule has 7 nitrogen and oxygen atoms in total. The predicted molar refractivity (Wildman–Crippen MR) is 228 cm³/mol. The van der Waals surface area contributed by atoms with Crippen molar-refractivity contribution >= 4 is 65.6 Å². The Hall–Kier alpha value is -7.90. The van der Waals surface area contributed by atoms with Gasteiger partial charge in [-0.15, -0.1) is 0 Å². The largest absolute Gasteiger partial charge is 0.455 e. The number of furan rings is 1. The lowest BCUT2D eigenvalue weighted by atomic mass is 10.0. The highest BCUT2D eigenvalue weighted by Crippen LogP contribution is 2.41. The lowest BCUT2D eigenvalue weighted by Crippen LogP contribution is -2.06.